The number of aliphatic carboxylic acids is 1. The average Bonchev–Trinajstić information content (AvgIpc) is 3.10. The number of ether oxygens (including phenoxy) is 1. The highest BCUT2D eigenvalue weighted by molar-refractivity contribution is 5.76. The van der Waals surface area contributed by atoms with Crippen molar-refractivity contribution >= 4 is 12.0 Å². The molecule has 268 valence electrons. The summed E-state index contributed by atoms with van der Waals surface area (Å²) in [4.78, 5) is 24.7. The second kappa shape index (κ2) is 30.4. The van der Waals surface area contributed by atoms with Gasteiger partial charge in [-0.05, 0) is 57.4 Å². The fraction of sp³-hybridized carbons (Fsp3) is 0.524. The predicted octanol–water partition coefficient (Wildman–Crippen LogP) is 11.0. The molecular weight excluding hydrogens is 596 g/mol. The molecule has 2 atom stereocenters. The first-order valence-electron chi connectivity index (χ1n) is 17.9. The molecule has 3 rings (SSSR count). The van der Waals surface area contributed by atoms with Crippen LogP contribution in [0.5, 0.6) is 0 Å². The van der Waals surface area contributed by atoms with E-state index < -0.39 is 5.97 Å². The third kappa shape index (κ3) is 19.6. The Morgan fingerprint density at radius 1 is 1.08 bits per heavy atom. The fourth-order valence-electron chi connectivity index (χ4n) is 5.27. The molecule has 2 unspecified atom stereocenters. The molecule has 0 spiro atoms. The number of urea groups is 1. The molecule has 48 heavy (non-hydrogen) atoms. The predicted molar refractivity (Wildman–Crippen MR) is 206 cm³/mol. The van der Waals surface area contributed by atoms with Gasteiger partial charge in [0.25, 0.3) is 0 Å². The number of nitrogens with one attached hydrogen (secondary N) is 1. The zero-order chi connectivity index (χ0) is 36.7. The number of hydrogen-bond donors (Lipinski definition) is 2. The standard InChI is InChI=1S/C15H22N2O2.C14H24O2.C9H12.C2H6.C2H2/c1-4-12-6-5-7-13-14(9-8-12)19-11(2)10-17(13)15(18)16-3;1-4-8-12(6-3)10-7-11-13(9-5-2)14(15)16;1-2-6-9-7-4-3-5-8-9;2*1-2/h5-6,8,11H,4,7,9-10H2,1-3H3,(H,16,18);4,8,13H,1,5-7,9-11H2,2-3H3,(H,15,16);3-5,7-8H,2,6H2,1H3;1-2H3;1-2H/b6-5-,12-8?;12-8+;;;. The third-order valence-electron chi connectivity index (χ3n) is 7.72. The Bertz CT molecular complexity index is 1160. The van der Waals surface area contributed by atoms with Gasteiger partial charge in [-0.25, -0.2) is 4.79 Å². The van der Waals surface area contributed by atoms with Crippen LogP contribution in [0.4, 0.5) is 4.79 Å². The largest absolute Gasteiger partial charge is 0.491 e. The van der Waals surface area contributed by atoms with Crippen LogP contribution >= 0.6 is 0 Å². The van der Waals surface area contributed by atoms with E-state index in [0.717, 1.165) is 69.2 Å². The average molecular weight is 663 g/mol. The highest BCUT2D eigenvalue weighted by atomic mass is 16.5. The van der Waals surface area contributed by atoms with Crippen molar-refractivity contribution in [1.82, 2.24) is 10.2 Å². The van der Waals surface area contributed by atoms with Crippen molar-refractivity contribution in [2.75, 3.05) is 13.6 Å². The molecular formula is C42H66N2O4. The molecule has 0 radical (unpaired) electrons. The summed E-state index contributed by atoms with van der Waals surface area (Å²) in [6.45, 7) is 18.8. The SMILES string of the molecule is C#C.C=C/C=C(\CC)CCCC(CCC)C(=O)O.CC.CCC1=CCC2=C(C/C=C\1)N(C(=O)NC)CC(C)O2.CCCc1ccccc1. The van der Waals surface area contributed by atoms with E-state index in [2.05, 4.69) is 94.1 Å². The van der Waals surface area contributed by atoms with Gasteiger partial charge in [-0.15, -0.1) is 12.8 Å². The van der Waals surface area contributed by atoms with Crippen LogP contribution in [0.1, 0.15) is 118 Å². The van der Waals surface area contributed by atoms with Crippen LogP contribution in [0, 0.1) is 18.8 Å². The first-order valence-corrected chi connectivity index (χ1v) is 17.9. The number of carbonyl (C=O) groups excluding carboxylic acids is 1. The quantitative estimate of drug-likeness (QED) is 0.172. The summed E-state index contributed by atoms with van der Waals surface area (Å²) in [5.74, 6) is 0.122. The van der Waals surface area contributed by atoms with E-state index in [1.54, 1.807) is 18.0 Å². The van der Waals surface area contributed by atoms with Gasteiger partial charge in [-0.2, -0.15) is 0 Å². The Kier molecular flexibility index (Phi) is 29.2. The zero-order valence-electron chi connectivity index (χ0n) is 31.4. The van der Waals surface area contributed by atoms with Gasteiger partial charge in [0.05, 0.1) is 18.2 Å². The number of benzene rings is 1. The molecule has 1 aliphatic carbocycles. The number of carboxylic acid groups (broad SMARTS) is 1. The monoisotopic (exact) mass is 663 g/mol. The van der Waals surface area contributed by atoms with Gasteiger partial charge in [0.2, 0.25) is 0 Å². The number of hydrogen-bond acceptors (Lipinski definition) is 3. The minimum Gasteiger partial charge on any atom is -0.491 e. The van der Waals surface area contributed by atoms with Gasteiger partial charge in [0, 0.05) is 19.9 Å². The normalized spacial score (nSPS) is 16.2. The molecule has 6 heteroatoms. The van der Waals surface area contributed by atoms with Crippen molar-refractivity contribution in [3.05, 3.63) is 95.5 Å². The van der Waals surface area contributed by atoms with Crippen molar-refractivity contribution in [2.24, 2.45) is 5.92 Å². The summed E-state index contributed by atoms with van der Waals surface area (Å²) in [5, 5.41) is 11.7. The number of nitrogens with zero attached hydrogens (tertiary/aromatic N) is 1. The van der Waals surface area contributed by atoms with E-state index in [1.807, 2.05) is 33.8 Å². The molecule has 0 bridgehead atoms. The van der Waals surface area contributed by atoms with Crippen LogP contribution in [0.15, 0.2) is 89.9 Å². The lowest BCUT2D eigenvalue weighted by atomic mass is 9.95. The van der Waals surface area contributed by atoms with Crippen molar-refractivity contribution < 1.29 is 19.4 Å². The first kappa shape index (κ1) is 46.1. The second-order valence-corrected chi connectivity index (χ2v) is 11.3. The fourth-order valence-corrected chi connectivity index (χ4v) is 5.27. The van der Waals surface area contributed by atoms with Crippen LogP contribution < -0.4 is 5.32 Å². The maximum absolute atomic E-state index is 12.0. The summed E-state index contributed by atoms with van der Waals surface area (Å²) >= 11 is 0. The van der Waals surface area contributed by atoms with E-state index in [1.165, 1.54) is 29.6 Å². The number of terminal acetylenes is 1. The molecule has 2 N–H and O–H groups in total. The molecule has 1 heterocycles. The Hall–Kier alpha value is -3.98. The number of allylic oxidation sites excluding steroid dienone is 7. The first-order chi connectivity index (χ1) is 23.2. The van der Waals surface area contributed by atoms with Crippen molar-refractivity contribution in [3.8, 4) is 12.8 Å². The van der Waals surface area contributed by atoms with Gasteiger partial charge in [0.1, 0.15) is 11.9 Å². The summed E-state index contributed by atoms with van der Waals surface area (Å²) in [6.07, 6.45) is 28.8. The zero-order valence-corrected chi connectivity index (χ0v) is 31.4. The molecule has 6 nitrogen and oxygen atoms in total. The summed E-state index contributed by atoms with van der Waals surface area (Å²) < 4.78 is 5.92. The van der Waals surface area contributed by atoms with Gasteiger partial charge < -0.3 is 15.2 Å². The van der Waals surface area contributed by atoms with Crippen LogP contribution in [-0.4, -0.2) is 41.7 Å². The Balaban J connectivity index is 0. The van der Waals surface area contributed by atoms with Crippen LogP contribution in [0.25, 0.3) is 0 Å². The highest BCUT2D eigenvalue weighted by Gasteiger charge is 2.28. The van der Waals surface area contributed by atoms with Gasteiger partial charge in [0.15, 0.2) is 0 Å². The number of rotatable bonds is 12. The molecule has 1 aromatic carbocycles. The molecule has 1 aliphatic heterocycles. The van der Waals surface area contributed by atoms with Gasteiger partial charge in [-0.1, -0.05) is 133 Å². The van der Waals surface area contributed by atoms with Crippen molar-refractivity contribution in [1.29, 1.82) is 0 Å². The van der Waals surface area contributed by atoms with Gasteiger partial charge in [-0.3, -0.25) is 9.69 Å². The number of amides is 2. The topological polar surface area (TPSA) is 78.9 Å². The lowest BCUT2D eigenvalue weighted by Crippen LogP contribution is -2.45. The van der Waals surface area contributed by atoms with Crippen LogP contribution in [0.3, 0.4) is 0 Å². The van der Waals surface area contributed by atoms with E-state index in [-0.39, 0.29) is 18.1 Å². The lowest BCUT2D eigenvalue weighted by molar-refractivity contribution is -0.142. The minimum atomic E-state index is -0.646. The molecule has 2 aliphatic rings. The summed E-state index contributed by atoms with van der Waals surface area (Å²) in [7, 11) is 1.66. The molecule has 0 fully saturated rings. The Morgan fingerprint density at radius 3 is 2.27 bits per heavy atom. The molecule has 0 saturated heterocycles. The maximum Gasteiger partial charge on any atom is 0.321 e. The molecule has 0 saturated carbocycles. The van der Waals surface area contributed by atoms with E-state index in [0.29, 0.717) is 6.54 Å². The van der Waals surface area contributed by atoms with Crippen LogP contribution in [0.2, 0.25) is 0 Å². The molecule has 0 aromatic heterocycles. The van der Waals surface area contributed by atoms with E-state index in [4.69, 9.17) is 9.84 Å². The lowest BCUT2D eigenvalue weighted by Gasteiger charge is -2.35. The van der Waals surface area contributed by atoms with Crippen molar-refractivity contribution in [2.45, 2.75) is 125 Å². The minimum absolute atomic E-state index is 0.0398. The molecule has 2 amide bonds. The highest BCUT2D eigenvalue weighted by Crippen LogP contribution is 2.29. The van der Waals surface area contributed by atoms with E-state index in [9.17, 15) is 9.59 Å². The summed E-state index contributed by atoms with van der Waals surface area (Å²) in [6, 6.07) is 10.5. The maximum atomic E-state index is 12.0. The van der Waals surface area contributed by atoms with E-state index >= 15 is 0 Å². The van der Waals surface area contributed by atoms with Gasteiger partial charge >= 0.3 is 12.0 Å². The number of carbonyl (C=O) groups is 2. The smallest absolute Gasteiger partial charge is 0.321 e. The molecule has 1 aromatic rings. The van der Waals surface area contributed by atoms with Crippen molar-refractivity contribution in [3.63, 3.8) is 0 Å². The number of carboxylic acids is 1. The number of aryl methyl sites for hydroxylation is 1. The third-order valence-corrected chi connectivity index (χ3v) is 7.72. The summed E-state index contributed by atoms with van der Waals surface area (Å²) in [5.41, 5.74) is 5.11. The van der Waals surface area contributed by atoms with Crippen LogP contribution in [-0.2, 0) is 16.0 Å². The second-order valence-electron chi connectivity index (χ2n) is 11.3. The Labute approximate surface area is 294 Å². The Morgan fingerprint density at radius 2 is 1.75 bits per heavy atom.